The lowest BCUT2D eigenvalue weighted by Gasteiger charge is -2.26. The van der Waals surface area contributed by atoms with E-state index >= 15 is 0 Å². The smallest absolute Gasteiger partial charge is 0.467 e. The highest BCUT2D eigenvalue weighted by Gasteiger charge is 2.53. The first-order chi connectivity index (χ1) is 7.55. The van der Waals surface area contributed by atoms with Gasteiger partial charge in [-0.3, -0.25) is 4.79 Å². The van der Waals surface area contributed by atoms with E-state index in [9.17, 15) is 31.1 Å². The minimum Gasteiger partial charge on any atom is -0.481 e. The van der Waals surface area contributed by atoms with E-state index in [4.69, 9.17) is 5.11 Å². The normalized spacial score (nSPS) is 13.1. The number of halogens is 6. The van der Waals surface area contributed by atoms with Crippen LogP contribution in [-0.2, 0) is 4.79 Å². The maximum absolute atomic E-state index is 12.0. The van der Waals surface area contributed by atoms with E-state index in [-0.39, 0.29) is 25.7 Å². The first-order valence-corrected chi connectivity index (χ1v) is 4.68. The van der Waals surface area contributed by atoms with Crippen LogP contribution in [0.2, 0.25) is 0 Å². The molecule has 0 aromatic heterocycles. The summed E-state index contributed by atoms with van der Waals surface area (Å²) in [6.07, 6.45) is -11.5. The summed E-state index contributed by atoms with van der Waals surface area (Å²) < 4.78 is 71.8. The van der Waals surface area contributed by atoms with E-state index in [0.717, 1.165) is 0 Å². The Kier molecular flexibility index (Phi) is 5.73. The summed E-state index contributed by atoms with van der Waals surface area (Å²) in [6, 6.07) is 0. The highest BCUT2D eigenvalue weighted by molar-refractivity contribution is 5.66. The van der Waals surface area contributed by atoms with Gasteiger partial charge in [0.05, 0.1) is 0 Å². The monoisotopic (exact) mass is 267 g/mol. The molecule has 0 heterocycles. The number of hydrogen-bond donors (Lipinski definition) is 1. The van der Waals surface area contributed by atoms with E-state index in [2.05, 4.69) is 0 Å². The Morgan fingerprint density at radius 2 is 1.41 bits per heavy atom. The molecule has 0 saturated heterocycles. The molecule has 0 unspecified atom stereocenters. The van der Waals surface area contributed by atoms with Gasteiger partial charge in [-0.2, -0.15) is 26.3 Å². The number of rotatable bonds is 6. The minimum absolute atomic E-state index is 0.00500. The van der Waals surface area contributed by atoms with Crippen LogP contribution in [0.15, 0.2) is 0 Å². The second-order valence-corrected chi connectivity index (χ2v) is 3.29. The van der Waals surface area contributed by atoms with Crippen molar-refractivity contribution in [1.82, 2.24) is 4.90 Å². The third-order valence-electron chi connectivity index (χ3n) is 1.88. The second-order valence-electron chi connectivity index (χ2n) is 3.29. The molecule has 0 radical (unpaired) electrons. The molecule has 0 aliphatic rings. The molecule has 9 heteroatoms. The number of carboxylic acid groups (broad SMARTS) is 1. The highest BCUT2D eigenvalue weighted by Crippen LogP contribution is 2.33. The topological polar surface area (TPSA) is 40.5 Å². The van der Waals surface area contributed by atoms with Gasteiger partial charge in [0, 0.05) is 13.0 Å². The predicted octanol–water partition coefficient (Wildman–Crippen LogP) is 2.97. The van der Waals surface area contributed by atoms with Crippen molar-refractivity contribution in [2.45, 2.75) is 38.3 Å². The van der Waals surface area contributed by atoms with Crippen LogP contribution in [0, 0.1) is 0 Å². The van der Waals surface area contributed by atoms with Crippen molar-refractivity contribution in [3.8, 4) is 0 Å². The van der Waals surface area contributed by atoms with Crippen LogP contribution in [0.4, 0.5) is 26.3 Å². The van der Waals surface area contributed by atoms with Gasteiger partial charge in [0.2, 0.25) is 0 Å². The van der Waals surface area contributed by atoms with Crippen molar-refractivity contribution in [1.29, 1.82) is 0 Å². The van der Waals surface area contributed by atoms with E-state index < -0.39 is 30.0 Å². The molecule has 0 saturated carbocycles. The quantitative estimate of drug-likeness (QED) is 0.457. The van der Waals surface area contributed by atoms with Gasteiger partial charge in [-0.25, -0.2) is 0 Å². The van der Waals surface area contributed by atoms with Gasteiger partial charge < -0.3 is 5.11 Å². The first-order valence-electron chi connectivity index (χ1n) is 4.68. The summed E-state index contributed by atoms with van der Waals surface area (Å²) in [6.45, 7) is -1.22. The van der Waals surface area contributed by atoms with Crippen LogP contribution in [0.1, 0.15) is 25.7 Å². The van der Waals surface area contributed by atoms with E-state index in [1.807, 2.05) is 0 Å². The zero-order chi connectivity index (χ0) is 13.7. The largest absolute Gasteiger partial charge is 0.481 e. The van der Waals surface area contributed by atoms with Gasteiger partial charge in [-0.15, -0.1) is 4.90 Å². The third-order valence-corrected chi connectivity index (χ3v) is 1.88. The Labute approximate surface area is 93.0 Å². The Bertz CT molecular complexity index is 235. The van der Waals surface area contributed by atoms with Crippen LogP contribution >= 0.6 is 0 Å². The molecular weight excluding hydrogens is 256 g/mol. The van der Waals surface area contributed by atoms with Gasteiger partial charge in [0.15, 0.2) is 0 Å². The summed E-state index contributed by atoms with van der Waals surface area (Å²) in [5.74, 6) is -1.13. The predicted molar refractivity (Wildman–Crippen MR) is 44.9 cm³/mol. The summed E-state index contributed by atoms with van der Waals surface area (Å²) >= 11 is 0. The van der Waals surface area contributed by atoms with Crippen molar-refractivity contribution in [2.75, 3.05) is 6.54 Å². The first kappa shape index (κ1) is 16.0. The SMILES string of the molecule is O=C(O)CCCCCN(C(F)(F)F)C(F)(F)F. The number of nitrogens with zero attached hydrogens (tertiary/aromatic N) is 1. The Morgan fingerprint density at radius 1 is 0.941 bits per heavy atom. The molecule has 0 fully saturated rings. The standard InChI is InChI=1S/C8H11F6NO2/c9-7(10,11)15(8(12,13)14)5-3-1-2-4-6(16)17/h1-5H2,(H,16,17). The average molecular weight is 267 g/mol. The van der Waals surface area contributed by atoms with Crippen molar-refractivity contribution >= 4 is 5.97 Å². The summed E-state index contributed by atoms with van der Waals surface area (Å²) in [5.41, 5.74) is 0. The van der Waals surface area contributed by atoms with Gasteiger partial charge >= 0.3 is 18.6 Å². The maximum Gasteiger partial charge on any atom is 0.467 e. The van der Waals surface area contributed by atoms with Gasteiger partial charge in [0.25, 0.3) is 0 Å². The Morgan fingerprint density at radius 3 is 1.76 bits per heavy atom. The summed E-state index contributed by atoms with van der Waals surface area (Å²) in [7, 11) is 0. The van der Waals surface area contributed by atoms with Crippen molar-refractivity contribution in [2.24, 2.45) is 0 Å². The van der Waals surface area contributed by atoms with Gasteiger partial charge in [-0.1, -0.05) is 6.42 Å². The molecule has 0 atom stereocenters. The molecule has 1 N–H and O–H groups in total. The lowest BCUT2D eigenvalue weighted by atomic mass is 10.2. The molecule has 0 amide bonds. The zero-order valence-electron chi connectivity index (χ0n) is 8.61. The molecule has 3 nitrogen and oxygen atoms in total. The number of alkyl halides is 6. The molecule has 0 aromatic rings. The molecule has 0 bridgehead atoms. The molecule has 0 rings (SSSR count). The fourth-order valence-corrected chi connectivity index (χ4v) is 1.12. The third kappa shape index (κ3) is 7.03. The fraction of sp³-hybridized carbons (Fsp3) is 0.875. The molecule has 0 aliphatic carbocycles. The van der Waals surface area contributed by atoms with Gasteiger partial charge in [0.1, 0.15) is 0 Å². The minimum atomic E-state index is -5.47. The van der Waals surface area contributed by atoms with Crippen LogP contribution in [-0.4, -0.2) is 35.1 Å². The Balaban J connectivity index is 4.08. The highest BCUT2D eigenvalue weighted by atomic mass is 19.4. The average Bonchev–Trinajstić information content (AvgIpc) is 2.05. The lowest BCUT2D eigenvalue weighted by Crippen LogP contribution is -2.48. The molecule has 17 heavy (non-hydrogen) atoms. The molecule has 0 aromatic carbocycles. The Hall–Kier alpha value is -0.990. The molecule has 0 aliphatic heterocycles. The zero-order valence-corrected chi connectivity index (χ0v) is 8.61. The number of carbonyl (C=O) groups is 1. The van der Waals surface area contributed by atoms with Gasteiger partial charge in [-0.05, 0) is 12.8 Å². The number of aliphatic carboxylic acids is 1. The second kappa shape index (κ2) is 6.08. The number of carboxylic acids is 1. The van der Waals surface area contributed by atoms with E-state index in [1.54, 1.807) is 0 Å². The summed E-state index contributed by atoms with van der Waals surface area (Å²) in [5, 5.41) is 8.21. The van der Waals surface area contributed by atoms with Crippen molar-refractivity contribution in [3.63, 3.8) is 0 Å². The molecule has 0 spiro atoms. The van der Waals surface area contributed by atoms with E-state index in [0.29, 0.717) is 0 Å². The van der Waals surface area contributed by atoms with Crippen LogP contribution < -0.4 is 0 Å². The van der Waals surface area contributed by atoms with Crippen LogP contribution in [0.5, 0.6) is 0 Å². The van der Waals surface area contributed by atoms with Crippen molar-refractivity contribution in [3.05, 3.63) is 0 Å². The van der Waals surface area contributed by atoms with Crippen LogP contribution in [0.3, 0.4) is 0 Å². The van der Waals surface area contributed by atoms with Crippen molar-refractivity contribution < 1.29 is 36.2 Å². The van der Waals surface area contributed by atoms with E-state index in [1.165, 1.54) is 0 Å². The van der Waals surface area contributed by atoms with Crippen LogP contribution in [0.25, 0.3) is 0 Å². The number of hydrogen-bond acceptors (Lipinski definition) is 2. The fourth-order valence-electron chi connectivity index (χ4n) is 1.12. The summed E-state index contributed by atoms with van der Waals surface area (Å²) in [4.78, 5) is 8.53. The molecular formula is C8H11F6NO2. The lowest BCUT2D eigenvalue weighted by molar-refractivity contribution is -0.372. The molecule has 102 valence electrons. The maximum atomic E-state index is 12.0. The number of unbranched alkanes of at least 4 members (excludes halogenated alkanes) is 2.